The molecule has 0 aliphatic heterocycles. The predicted molar refractivity (Wildman–Crippen MR) is 181 cm³/mol. The molecule has 1 N–H and O–H groups in total. The molecule has 1 atom stereocenters. The number of carbonyl (C=O) groups is 2. The third kappa shape index (κ3) is 8.95. The fraction of sp³-hybridized carbons (Fsp3) is 0.278. The summed E-state index contributed by atoms with van der Waals surface area (Å²) in [6.45, 7) is 7.47. The molecule has 0 saturated heterocycles. The van der Waals surface area contributed by atoms with Gasteiger partial charge < -0.3 is 10.2 Å². The van der Waals surface area contributed by atoms with Crippen molar-refractivity contribution in [2.24, 2.45) is 5.92 Å². The van der Waals surface area contributed by atoms with Crippen LogP contribution < -0.4 is 9.62 Å². The van der Waals surface area contributed by atoms with Crippen molar-refractivity contribution in [3.8, 4) is 0 Å². The van der Waals surface area contributed by atoms with Gasteiger partial charge in [0.1, 0.15) is 18.4 Å². The molecule has 0 unspecified atom stereocenters. The molecule has 46 heavy (non-hydrogen) atoms. The first-order chi connectivity index (χ1) is 21.8. The minimum absolute atomic E-state index is 0.0384. The number of benzene rings is 4. The highest BCUT2D eigenvalue weighted by molar-refractivity contribution is 7.92. The van der Waals surface area contributed by atoms with Gasteiger partial charge in [-0.25, -0.2) is 12.8 Å². The average Bonchev–Trinajstić information content (AvgIpc) is 3.03. The Hall–Kier alpha value is -4.21. The van der Waals surface area contributed by atoms with Gasteiger partial charge in [0, 0.05) is 24.5 Å². The van der Waals surface area contributed by atoms with Gasteiger partial charge in [0.2, 0.25) is 11.8 Å². The Morgan fingerprint density at radius 1 is 0.848 bits per heavy atom. The Bertz CT molecular complexity index is 1750. The molecule has 0 aromatic heterocycles. The summed E-state index contributed by atoms with van der Waals surface area (Å²) in [5.41, 5.74) is 3.52. The highest BCUT2D eigenvalue weighted by Crippen LogP contribution is 2.27. The SMILES string of the molecule is Cc1ccc(N(CC(=O)N(Cc2ccc(F)cc2)[C@@H](Cc2ccccc2)C(=O)NCC(C)C)S(=O)(=O)c2ccc(Cl)cc2)cc1C. The topological polar surface area (TPSA) is 86.8 Å². The number of amides is 2. The maximum atomic E-state index is 14.5. The van der Waals surface area contributed by atoms with Crippen LogP contribution in [-0.2, 0) is 32.6 Å². The Morgan fingerprint density at radius 3 is 2.11 bits per heavy atom. The largest absolute Gasteiger partial charge is 0.354 e. The predicted octanol–water partition coefficient (Wildman–Crippen LogP) is 6.70. The molecule has 0 spiro atoms. The molecule has 0 aliphatic carbocycles. The smallest absolute Gasteiger partial charge is 0.264 e. The van der Waals surface area contributed by atoms with E-state index in [9.17, 15) is 22.4 Å². The summed E-state index contributed by atoms with van der Waals surface area (Å²) in [5.74, 6) is -1.24. The molecule has 2 amide bonds. The lowest BCUT2D eigenvalue weighted by Gasteiger charge is -2.34. The minimum Gasteiger partial charge on any atom is -0.354 e. The molecule has 7 nitrogen and oxygen atoms in total. The van der Waals surface area contributed by atoms with Crippen LogP contribution >= 0.6 is 11.6 Å². The fourth-order valence-electron chi connectivity index (χ4n) is 4.91. The number of halogens is 2. The highest BCUT2D eigenvalue weighted by atomic mass is 35.5. The number of nitrogens with one attached hydrogen (secondary N) is 1. The van der Waals surface area contributed by atoms with Crippen molar-refractivity contribution >= 4 is 39.1 Å². The van der Waals surface area contributed by atoms with E-state index in [-0.39, 0.29) is 29.7 Å². The maximum absolute atomic E-state index is 14.5. The second-order valence-electron chi connectivity index (χ2n) is 11.7. The van der Waals surface area contributed by atoms with Gasteiger partial charge in [-0.15, -0.1) is 0 Å². The Kier molecular flexibility index (Phi) is 11.6. The van der Waals surface area contributed by atoms with Crippen LogP contribution in [0.2, 0.25) is 5.02 Å². The van der Waals surface area contributed by atoms with E-state index >= 15 is 0 Å². The number of hydrogen-bond acceptors (Lipinski definition) is 4. The van der Waals surface area contributed by atoms with Crippen molar-refractivity contribution in [1.82, 2.24) is 10.2 Å². The van der Waals surface area contributed by atoms with Gasteiger partial charge in [-0.05, 0) is 90.6 Å². The third-order valence-corrected chi connectivity index (χ3v) is 9.72. The summed E-state index contributed by atoms with van der Waals surface area (Å²) < 4.78 is 43.2. The summed E-state index contributed by atoms with van der Waals surface area (Å²) in [4.78, 5) is 29.7. The maximum Gasteiger partial charge on any atom is 0.264 e. The summed E-state index contributed by atoms with van der Waals surface area (Å²) in [5, 5.41) is 3.33. The first-order valence-electron chi connectivity index (χ1n) is 15.1. The molecular formula is C36H39ClFN3O4S. The number of carbonyl (C=O) groups excluding carboxylic acids is 2. The van der Waals surface area contributed by atoms with E-state index in [1.807, 2.05) is 58.0 Å². The molecule has 4 aromatic carbocycles. The van der Waals surface area contributed by atoms with E-state index in [0.717, 1.165) is 21.0 Å². The lowest BCUT2D eigenvalue weighted by molar-refractivity contribution is -0.140. The average molecular weight is 664 g/mol. The molecule has 10 heteroatoms. The van der Waals surface area contributed by atoms with E-state index in [1.54, 1.807) is 30.3 Å². The summed E-state index contributed by atoms with van der Waals surface area (Å²) in [6, 6.07) is 24.9. The van der Waals surface area contributed by atoms with Crippen LogP contribution in [0, 0.1) is 25.6 Å². The zero-order valence-corrected chi connectivity index (χ0v) is 28.0. The molecule has 0 fully saturated rings. The molecule has 0 saturated carbocycles. The van der Waals surface area contributed by atoms with Crippen LogP contribution in [0.5, 0.6) is 0 Å². The van der Waals surface area contributed by atoms with Gasteiger partial charge in [0.15, 0.2) is 0 Å². The fourth-order valence-corrected chi connectivity index (χ4v) is 6.44. The van der Waals surface area contributed by atoms with Crippen LogP contribution in [-0.4, -0.2) is 44.3 Å². The van der Waals surface area contributed by atoms with Crippen molar-refractivity contribution in [2.45, 2.75) is 51.6 Å². The van der Waals surface area contributed by atoms with Gasteiger partial charge in [0.25, 0.3) is 10.0 Å². The van der Waals surface area contributed by atoms with E-state index < -0.39 is 34.3 Å². The number of aryl methyl sites for hydroxylation is 2. The van der Waals surface area contributed by atoms with Crippen LogP contribution in [0.15, 0.2) is 102 Å². The number of nitrogens with zero attached hydrogens (tertiary/aromatic N) is 2. The monoisotopic (exact) mass is 663 g/mol. The zero-order chi connectivity index (χ0) is 33.4. The van der Waals surface area contributed by atoms with Crippen molar-refractivity contribution in [2.75, 3.05) is 17.4 Å². The van der Waals surface area contributed by atoms with Crippen LogP contribution in [0.4, 0.5) is 10.1 Å². The van der Waals surface area contributed by atoms with E-state index in [0.29, 0.717) is 22.8 Å². The summed E-state index contributed by atoms with van der Waals surface area (Å²) in [7, 11) is -4.26. The van der Waals surface area contributed by atoms with Crippen LogP contribution in [0.25, 0.3) is 0 Å². The third-order valence-electron chi connectivity index (χ3n) is 7.68. The molecule has 0 radical (unpaired) electrons. The Labute approximate surface area is 276 Å². The van der Waals surface area contributed by atoms with Gasteiger partial charge in [-0.2, -0.15) is 0 Å². The summed E-state index contributed by atoms with van der Waals surface area (Å²) >= 11 is 6.05. The second-order valence-corrected chi connectivity index (χ2v) is 14.0. The normalized spacial score (nSPS) is 12.1. The lowest BCUT2D eigenvalue weighted by Crippen LogP contribution is -2.53. The van der Waals surface area contributed by atoms with Crippen molar-refractivity contribution < 1.29 is 22.4 Å². The van der Waals surface area contributed by atoms with Gasteiger partial charge in [-0.1, -0.05) is 74.0 Å². The van der Waals surface area contributed by atoms with E-state index in [4.69, 9.17) is 11.6 Å². The molecule has 242 valence electrons. The van der Waals surface area contributed by atoms with Crippen LogP contribution in [0.3, 0.4) is 0 Å². The van der Waals surface area contributed by atoms with Gasteiger partial charge in [0.05, 0.1) is 10.6 Å². The van der Waals surface area contributed by atoms with Gasteiger partial charge in [-0.3, -0.25) is 13.9 Å². The quantitative estimate of drug-likeness (QED) is 0.172. The molecule has 0 aliphatic rings. The molecule has 0 bridgehead atoms. The van der Waals surface area contributed by atoms with Crippen molar-refractivity contribution in [3.63, 3.8) is 0 Å². The number of hydrogen-bond donors (Lipinski definition) is 1. The second kappa shape index (κ2) is 15.4. The first kappa shape index (κ1) is 34.7. The van der Waals surface area contributed by atoms with Crippen molar-refractivity contribution in [3.05, 3.63) is 130 Å². The van der Waals surface area contributed by atoms with Crippen LogP contribution in [0.1, 0.15) is 36.1 Å². The van der Waals surface area contributed by atoms with E-state index in [1.165, 1.54) is 41.3 Å². The first-order valence-corrected chi connectivity index (χ1v) is 16.9. The number of sulfonamides is 1. The standard InChI is InChI=1S/C36H39ClFN3O4S/c1-25(2)22-39-36(43)34(21-28-8-6-5-7-9-28)40(23-29-11-15-31(38)16-12-29)35(42)24-41(32-17-10-26(3)27(4)20-32)46(44,45)33-18-13-30(37)14-19-33/h5-20,25,34H,21-24H2,1-4H3,(H,39,43)/t34-/m0/s1. The molecule has 4 aromatic rings. The molecular weight excluding hydrogens is 625 g/mol. The molecule has 4 rings (SSSR count). The zero-order valence-electron chi connectivity index (χ0n) is 26.4. The Balaban J connectivity index is 1.81. The number of anilines is 1. The number of rotatable bonds is 13. The van der Waals surface area contributed by atoms with Gasteiger partial charge >= 0.3 is 0 Å². The summed E-state index contributed by atoms with van der Waals surface area (Å²) in [6.07, 6.45) is 0.186. The Morgan fingerprint density at radius 2 is 1.50 bits per heavy atom. The van der Waals surface area contributed by atoms with E-state index in [2.05, 4.69) is 5.32 Å². The highest BCUT2D eigenvalue weighted by Gasteiger charge is 2.34. The van der Waals surface area contributed by atoms with Crippen molar-refractivity contribution in [1.29, 1.82) is 0 Å². The minimum atomic E-state index is -4.26. The lowest BCUT2D eigenvalue weighted by atomic mass is 10.0. The molecule has 0 heterocycles.